The fourth-order valence-corrected chi connectivity index (χ4v) is 4.81. The van der Waals surface area contributed by atoms with Crippen LogP contribution in [0.1, 0.15) is 41.4 Å². The first-order chi connectivity index (χ1) is 22.4. The minimum absolute atomic E-state index is 0.199. The predicted octanol–water partition coefficient (Wildman–Crippen LogP) is 5.35. The van der Waals surface area contributed by atoms with Gasteiger partial charge in [0.1, 0.15) is 12.7 Å². The van der Waals surface area contributed by atoms with Crippen molar-refractivity contribution in [3.8, 4) is 0 Å². The van der Waals surface area contributed by atoms with Gasteiger partial charge in [-0.25, -0.2) is 19.2 Å². The third kappa shape index (κ3) is 7.96. The molecule has 0 N–H and O–H groups in total. The lowest BCUT2D eigenvalue weighted by Gasteiger charge is -2.28. The number of nitrogens with zero attached hydrogens (tertiary/aromatic N) is 1. The Kier molecular flexibility index (Phi) is 10.8. The van der Waals surface area contributed by atoms with E-state index in [1.165, 1.54) is 0 Å². The Labute approximate surface area is 269 Å². The largest absolute Gasteiger partial charge is 0.458 e. The number of carbonyl (C=O) groups excluding carboxylic acids is 4. The maximum Gasteiger partial charge on any atom is 0.338 e. The Morgan fingerprint density at radius 2 is 1.04 bits per heavy atom. The zero-order valence-corrected chi connectivity index (χ0v) is 25.0. The lowest BCUT2D eigenvalue weighted by Crippen LogP contribution is -2.47. The Balaban J connectivity index is 1.50. The van der Waals surface area contributed by atoms with Crippen LogP contribution >= 0.6 is 12.2 Å². The molecule has 0 aliphatic carbocycles. The summed E-state index contributed by atoms with van der Waals surface area (Å²) in [5.74, 6) is -3.00. The summed E-state index contributed by atoms with van der Waals surface area (Å²) in [4.78, 5) is 56.7. The Morgan fingerprint density at radius 1 is 0.630 bits per heavy atom. The van der Waals surface area contributed by atoms with Crippen molar-refractivity contribution in [2.75, 3.05) is 6.61 Å². The normalized spacial score (nSPS) is 19.1. The summed E-state index contributed by atoms with van der Waals surface area (Å²) in [6, 6.07) is 32.6. The number of hydrogen-bond donors (Lipinski definition) is 0. The average molecular weight is 638 g/mol. The molecule has 10 nitrogen and oxygen atoms in total. The summed E-state index contributed by atoms with van der Waals surface area (Å²) < 4.78 is 29.2. The van der Waals surface area contributed by atoms with E-state index in [1.807, 2.05) is 0 Å². The van der Waals surface area contributed by atoms with Gasteiger partial charge in [0.2, 0.25) is 0 Å². The van der Waals surface area contributed by atoms with Crippen LogP contribution in [-0.4, -0.2) is 66.3 Å². The van der Waals surface area contributed by atoms with Gasteiger partial charge in [-0.2, -0.15) is 4.99 Å². The minimum Gasteiger partial charge on any atom is -0.458 e. The second kappa shape index (κ2) is 15.5. The van der Waals surface area contributed by atoms with Crippen molar-refractivity contribution in [1.82, 2.24) is 0 Å². The molecule has 0 bridgehead atoms. The highest BCUT2D eigenvalue weighted by molar-refractivity contribution is 7.78. The van der Waals surface area contributed by atoms with E-state index in [0.29, 0.717) is 0 Å². The molecular weight excluding hydrogens is 610 g/mol. The molecule has 5 rings (SSSR count). The van der Waals surface area contributed by atoms with Crippen LogP contribution in [0.25, 0.3) is 0 Å². The Bertz CT molecular complexity index is 1700. The molecule has 1 fully saturated rings. The van der Waals surface area contributed by atoms with Gasteiger partial charge in [-0.1, -0.05) is 72.8 Å². The van der Waals surface area contributed by atoms with Gasteiger partial charge < -0.3 is 23.7 Å². The number of isothiocyanates is 1. The van der Waals surface area contributed by atoms with Gasteiger partial charge in [0.05, 0.1) is 27.4 Å². The molecule has 1 aliphatic heterocycles. The number of aliphatic imine (C=N–C) groups is 1. The molecule has 4 aromatic rings. The number of benzene rings is 4. The monoisotopic (exact) mass is 637 g/mol. The van der Waals surface area contributed by atoms with Crippen LogP contribution in [0.3, 0.4) is 0 Å². The van der Waals surface area contributed by atoms with E-state index in [1.54, 1.807) is 121 Å². The highest BCUT2D eigenvalue weighted by atomic mass is 32.1. The molecule has 0 saturated carbocycles. The predicted molar refractivity (Wildman–Crippen MR) is 167 cm³/mol. The highest BCUT2D eigenvalue weighted by Crippen LogP contribution is 2.33. The zero-order chi connectivity index (χ0) is 32.3. The summed E-state index contributed by atoms with van der Waals surface area (Å²) in [6.45, 7) is -0.510. The molecule has 46 heavy (non-hydrogen) atoms. The van der Waals surface area contributed by atoms with E-state index in [0.717, 1.165) is 0 Å². The summed E-state index contributed by atoms with van der Waals surface area (Å²) in [7, 11) is 0. The maximum atomic E-state index is 13.4. The number of hydrogen-bond acceptors (Lipinski definition) is 11. The van der Waals surface area contributed by atoms with Gasteiger partial charge in [-0.05, 0) is 60.7 Å². The summed E-state index contributed by atoms with van der Waals surface area (Å²) in [5, 5.41) is 2.21. The Hall–Kier alpha value is -5.48. The smallest absolute Gasteiger partial charge is 0.338 e. The van der Waals surface area contributed by atoms with Gasteiger partial charge in [0.15, 0.2) is 24.5 Å². The second-order valence-electron chi connectivity index (χ2n) is 9.96. The molecule has 0 amide bonds. The van der Waals surface area contributed by atoms with E-state index in [-0.39, 0.29) is 22.3 Å². The molecule has 4 aromatic carbocycles. The molecule has 1 heterocycles. The second-order valence-corrected chi connectivity index (χ2v) is 10.1. The van der Waals surface area contributed by atoms with E-state index >= 15 is 0 Å². The fourth-order valence-electron chi connectivity index (χ4n) is 4.70. The van der Waals surface area contributed by atoms with E-state index in [2.05, 4.69) is 10.2 Å². The molecule has 1 aliphatic rings. The van der Waals surface area contributed by atoms with Gasteiger partial charge >= 0.3 is 23.9 Å². The van der Waals surface area contributed by atoms with Gasteiger partial charge in [-0.3, -0.25) is 0 Å². The van der Waals surface area contributed by atoms with Crippen LogP contribution in [0, 0.1) is 0 Å². The SMILES string of the molecule is O=C(OC[C@@H](OC(=O)c1ccccc1)[C@@H]1O[C@@H](N=C=S)[C@H](OC(=O)c2ccccc2)[C@H]1OC(=O)c1ccccc1)c1ccccc1. The number of carbonyl (C=O) groups is 4. The zero-order valence-electron chi connectivity index (χ0n) is 24.2. The third-order valence-corrected chi connectivity index (χ3v) is 7.04. The number of esters is 4. The van der Waals surface area contributed by atoms with Crippen LogP contribution in [-0.2, 0) is 23.7 Å². The number of ether oxygens (including phenoxy) is 5. The van der Waals surface area contributed by atoms with Gasteiger partial charge in [0, 0.05) is 0 Å². The maximum absolute atomic E-state index is 13.4. The van der Waals surface area contributed by atoms with Crippen LogP contribution in [0.2, 0.25) is 0 Å². The quantitative estimate of drug-likeness (QED) is 0.0920. The molecule has 0 radical (unpaired) electrons. The van der Waals surface area contributed by atoms with Crippen LogP contribution < -0.4 is 0 Å². The molecule has 232 valence electrons. The van der Waals surface area contributed by atoms with Crippen LogP contribution in [0.4, 0.5) is 0 Å². The third-order valence-electron chi connectivity index (χ3n) is 6.93. The van der Waals surface area contributed by atoms with E-state index in [9.17, 15) is 19.2 Å². The lowest BCUT2D eigenvalue weighted by atomic mass is 10.0. The molecule has 0 spiro atoms. The van der Waals surface area contributed by atoms with Crippen molar-refractivity contribution >= 4 is 41.3 Å². The van der Waals surface area contributed by atoms with Crippen molar-refractivity contribution in [3.63, 3.8) is 0 Å². The first-order valence-electron chi connectivity index (χ1n) is 14.2. The highest BCUT2D eigenvalue weighted by Gasteiger charge is 2.54. The van der Waals surface area contributed by atoms with E-state index < -0.39 is 61.1 Å². The number of thiocarbonyl (C=S) groups is 1. The first kappa shape index (κ1) is 31.9. The van der Waals surface area contributed by atoms with Crippen molar-refractivity contribution in [2.24, 2.45) is 4.99 Å². The molecule has 0 unspecified atom stereocenters. The molecule has 5 atom stereocenters. The summed E-state index contributed by atoms with van der Waals surface area (Å²) in [6.07, 6.45) is -6.77. The van der Waals surface area contributed by atoms with Crippen molar-refractivity contribution in [2.45, 2.75) is 30.6 Å². The molecule has 0 aromatic heterocycles. The number of rotatable bonds is 11. The Morgan fingerprint density at radius 3 is 1.50 bits per heavy atom. The standard InChI is InChI=1S/C35H27NO9S/c37-32(23-13-5-1-6-14-23)41-21-27(42-33(38)24-15-7-2-8-16-24)28-29(44-34(39)25-17-9-3-10-18-25)30(31(43-28)36-22-46)45-35(40)26-19-11-4-12-20-26/h1-20,27-31H,21H2/t27-,28+,29+,30-,31-/m1/s1. The fraction of sp³-hybridized carbons (Fsp3) is 0.171. The van der Waals surface area contributed by atoms with E-state index in [4.69, 9.17) is 35.9 Å². The minimum atomic E-state index is -1.40. The van der Waals surface area contributed by atoms with Crippen LogP contribution in [0.5, 0.6) is 0 Å². The molecular formula is C35H27NO9S. The first-order valence-corrected chi connectivity index (χ1v) is 14.6. The van der Waals surface area contributed by atoms with Crippen LogP contribution in [0.15, 0.2) is 126 Å². The summed E-state index contributed by atoms with van der Waals surface area (Å²) >= 11 is 4.83. The topological polar surface area (TPSA) is 127 Å². The summed E-state index contributed by atoms with van der Waals surface area (Å²) in [5.41, 5.74) is 0.878. The lowest BCUT2D eigenvalue weighted by molar-refractivity contribution is -0.0949. The molecule has 11 heteroatoms. The molecule has 1 saturated heterocycles. The average Bonchev–Trinajstić information content (AvgIpc) is 3.43. The van der Waals surface area contributed by atoms with Crippen molar-refractivity contribution < 1.29 is 42.9 Å². The van der Waals surface area contributed by atoms with Gasteiger partial charge in [-0.15, -0.1) is 0 Å². The van der Waals surface area contributed by atoms with Crippen molar-refractivity contribution in [3.05, 3.63) is 144 Å². The van der Waals surface area contributed by atoms with Crippen molar-refractivity contribution in [1.29, 1.82) is 0 Å². The van der Waals surface area contributed by atoms with Gasteiger partial charge in [0.25, 0.3) is 0 Å².